The maximum absolute atomic E-state index is 14.1. The molecule has 1 aromatic heterocycles. The number of carboxylic acids is 1. The molecular weight excluding hydrogens is 397 g/mol. The Kier molecular flexibility index (Phi) is 6.90. The summed E-state index contributed by atoms with van der Waals surface area (Å²) in [5.41, 5.74) is 4.86. The SMILES string of the molecule is CC(=O)O.Cc1ccc(Nc2cc(=O)n(C)nc2C(=O)N2CC(O)(CN)C2)c(F)c1. The highest BCUT2D eigenvalue weighted by Gasteiger charge is 2.43. The normalized spacial score (nSPS) is 14.3. The Morgan fingerprint density at radius 3 is 2.43 bits per heavy atom. The quantitative estimate of drug-likeness (QED) is 0.547. The van der Waals surface area contributed by atoms with Crippen molar-refractivity contribution in [3.63, 3.8) is 0 Å². The summed E-state index contributed by atoms with van der Waals surface area (Å²) in [5, 5.41) is 24.2. The molecule has 2 heterocycles. The lowest BCUT2D eigenvalue weighted by atomic mass is 9.94. The topological polar surface area (TPSA) is 151 Å². The van der Waals surface area contributed by atoms with Gasteiger partial charge in [-0.2, -0.15) is 5.10 Å². The van der Waals surface area contributed by atoms with Crippen LogP contribution in [-0.2, 0) is 11.8 Å². The monoisotopic (exact) mass is 421 g/mol. The Labute approximate surface area is 171 Å². The van der Waals surface area contributed by atoms with Crippen LogP contribution in [0.5, 0.6) is 0 Å². The smallest absolute Gasteiger partial charge is 0.300 e. The molecule has 1 fully saturated rings. The number of hydrogen-bond donors (Lipinski definition) is 4. The fourth-order valence-electron chi connectivity index (χ4n) is 2.74. The molecule has 3 rings (SSSR count). The number of benzene rings is 1. The zero-order valence-corrected chi connectivity index (χ0v) is 16.8. The van der Waals surface area contributed by atoms with Crippen LogP contribution >= 0.6 is 0 Å². The molecule has 0 atom stereocenters. The fraction of sp³-hybridized carbons (Fsp3) is 0.368. The summed E-state index contributed by atoms with van der Waals surface area (Å²) >= 11 is 0. The number of hydrogen-bond acceptors (Lipinski definition) is 7. The summed E-state index contributed by atoms with van der Waals surface area (Å²) in [6, 6.07) is 5.76. The van der Waals surface area contributed by atoms with Crippen molar-refractivity contribution in [3.8, 4) is 0 Å². The van der Waals surface area contributed by atoms with Gasteiger partial charge in [0.2, 0.25) is 0 Å². The van der Waals surface area contributed by atoms with Gasteiger partial charge in [0.05, 0.1) is 24.5 Å². The number of aryl methyl sites for hydroxylation is 2. The Morgan fingerprint density at radius 1 is 1.30 bits per heavy atom. The third kappa shape index (κ3) is 5.39. The number of aliphatic hydroxyl groups is 1. The van der Waals surface area contributed by atoms with Gasteiger partial charge in [0.1, 0.15) is 11.4 Å². The Bertz CT molecular complexity index is 1010. The van der Waals surface area contributed by atoms with E-state index in [9.17, 15) is 19.1 Å². The molecule has 1 aliphatic heterocycles. The van der Waals surface area contributed by atoms with E-state index < -0.39 is 28.9 Å². The second-order valence-corrected chi connectivity index (χ2v) is 7.09. The minimum Gasteiger partial charge on any atom is -0.481 e. The highest BCUT2D eigenvalue weighted by atomic mass is 19.1. The van der Waals surface area contributed by atoms with E-state index in [-0.39, 0.29) is 36.7 Å². The number of rotatable bonds is 4. The van der Waals surface area contributed by atoms with E-state index in [0.717, 1.165) is 17.2 Å². The number of carbonyl (C=O) groups excluding carboxylic acids is 1. The van der Waals surface area contributed by atoms with Crippen molar-refractivity contribution in [3.05, 3.63) is 51.7 Å². The number of aliphatic carboxylic acids is 1. The van der Waals surface area contributed by atoms with Gasteiger partial charge in [0, 0.05) is 26.6 Å². The summed E-state index contributed by atoms with van der Waals surface area (Å²) in [6.45, 7) is 3.03. The second-order valence-electron chi connectivity index (χ2n) is 7.09. The number of likely N-dealkylation sites (tertiary alicyclic amines) is 1. The fourth-order valence-corrected chi connectivity index (χ4v) is 2.74. The number of anilines is 2. The number of carbonyl (C=O) groups is 2. The molecule has 0 radical (unpaired) electrons. The second kappa shape index (κ2) is 9.01. The van der Waals surface area contributed by atoms with Crippen LogP contribution in [0.1, 0.15) is 23.0 Å². The molecule has 1 aromatic carbocycles. The largest absolute Gasteiger partial charge is 0.481 e. The van der Waals surface area contributed by atoms with Crippen molar-refractivity contribution in [2.45, 2.75) is 19.4 Å². The van der Waals surface area contributed by atoms with E-state index >= 15 is 0 Å². The molecule has 30 heavy (non-hydrogen) atoms. The van der Waals surface area contributed by atoms with Crippen LogP contribution in [0.3, 0.4) is 0 Å². The van der Waals surface area contributed by atoms with Crippen LogP contribution in [0, 0.1) is 12.7 Å². The number of halogens is 1. The molecule has 0 saturated carbocycles. The van der Waals surface area contributed by atoms with E-state index in [1.807, 2.05) is 0 Å². The molecule has 1 amide bonds. The number of nitrogens with two attached hydrogens (primary N) is 1. The molecule has 5 N–H and O–H groups in total. The molecule has 0 spiro atoms. The first-order valence-corrected chi connectivity index (χ1v) is 8.98. The number of amides is 1. The molecule has 10 nitrogen and oxygen atoms in total. The van der Waals surface area contributed by atoms with E-state index in [4.69, 9.17) is 15.6 Å². The zero-order chi connectivity index (χ0) is 22.6. The van der Waals surface area contributed by atoms with Gasteiger partial charge in [0.15, 0.2) is 5.69 Å². The van der Waals surface area contributed by atoms with Crippen LogP contribution in [-0.4, -0.2) is 62.0 Å². The molecule has 1 aliphatic rings. The zero-order valence-electron chi connectivity index (χ0n) is 16.8. The lowest BCUT2D eigenvalue weighted by molar-refractivity contribution is -0.134. The van der Waals surface area contributed by atoms with Crippen molar-refractivity contribution in [2.75, 3.05) is 25.0 Å². The number of carboxylic acid groups (broad SMARTS) is 1. The first-order valence-electron chi connectivity index (χ1n) is 8.98. The van der Waals surface area contributed by atoms with Gasteiger partial charge in [-0.15, -0.1) is 0 Å². The average Bonchev–Trinajstić information content (AvgIpc) is 2.63. The standard InChI is InChI=1S/C17H20FN5O3.C2H4O2/c1-10-3-4-12(11(18)5-10)20-13-6-14(24)22(2)21-15(13)16(25)23-8-17(26,7-19)9-23;1-2(3)4/h3-6,20,26H,7-9,19H2,1-2H3;1H3,(H,3,4). The highest BCUT2D eigenvalue weighted by Crippen LogP contribution is 2.26. The molecule has 2 aromatic rings. The van der Waals surface area contributed by atoms with Crippen LogP contribution in [0.15, 0.2) is 29.1 Å². The maximum Gasteiger partial charge on any atom is 0.300 e. The van der Waals surface area contributed by atoms with Crippen LogP contribution in [0.2, 0.25) is 0 Å². The molecule has 11 heteroatoms. The van der Waals surface area contributed by atoms with E-state index in [1.54, 1.807) is 13.0 Å². The van der Waals surface area contributed by atoms with Crippen molar-refractivity contribution in [2.24, 2.45) is 12.8 Å². The average molecular weight is 421 g/mol. The van der Waals surface area contributed by atoms with Crippen LogP contribution < -0.4 is 16.6 Å². The van der Waals surface area contributed by atoms with Gasteiger partial charge in [-0.25, -0.2) is 9.07 Å². The lowest BCUT2D eigenvalue weighted by Gasteiger charge is -2.45. The molecule has 162 valence electrons. The van der Waals surface area contributed by atoms with E-state index in [0.29, 0.717) is 0 Å². The summed E-state index contributed by atoms with van der Waals surface area (Å²) in [4.78, 5) is 35.0. The Morgan fingerprint density at radius 2 is 1.90 bits per heavy atom. The number of nitrogens with one attached hydrogen (secondary N) is 1. The predicted octanol–water partition coefficient (Wildman–Crippen LogP) is 0.208. The number of nitrogens with zero attached hydrogens (tertiary/aromatic N) is 3. The molecule has 0 bridgehead atoms. The van der Waals surface area contributed by atoms with Crippen LogP contribution in [0.25, 0.3) is 0 Å². The van der Waals surface area contributed by atoms with Gasteiger partial charge in [-0.05, 0) is 24.6 Å². The molecular formula is C19H24FN5O5. The first kappa shape index (κ1) is 23.0. The van der Waals surface area contributed by atoms with Crippen LogP contribution in [0.4, 0.5) is 15.8 Å². The van der Waals surface area contributed by atoms with E-state index in [2.05, 4.69) is 10.4 Å². The molecule has 1 saturated heterocycles. The van der Waals surface area contributed by atoms with Crippen molar-refractivity contribution < 1.29 is 24.2 Å². The summed E-state index contributed by atoms with van der Waals surface area (Å²) in [7, 11) is 1.42. The maximum atomic E-state index is 14.1. The summed E-state index contributed by atoms with van der Waals surface area (Å²) in [6.07, 6.45) is 0. The molecule has 0 aliphatic carbocycles. The highest BCUT2D eigenvalue weighted by molar-refractivity contribution is 5.98. The number of aromatic nitrogens is 2. The van der Waals surface area contributed by atoms with Crippen molar-refractivity contribution in [1.29, 1.82) is 0 Å². The third-order valence-corrected chi connectivity index (χ3v) is 4.33. The minimum absolute atomic E-state index is 0.0360. The third-order valence-electron chi connectivity index (χ3n) is 4.33. The predicted molar refractivity (Wildman–Crippen MR) is 107 cm³/mol. The van der Waals surface area contributed by atoms with E-state index in [1.165, 1.54) is 30.1 Å². The number of β-amino-alcohol motifs (C(OH)–C–C–N with tert-alkyl or cyclic N) is 1. The Hall–Kier alpha value is -3.31. The summed E-state index contributed by atoms with van der Waals surface area (Å²) < 4.78 is 15.2. The summed E-state index contributed by atoms with van der Waals surface area (Å²) in [5.74, 6) is -1.82. The minimum atomic E-state index is -1.10. The van der Waals surface area contributed by atoms with Crippen molar-refractivity contribution >= 4 is 23.3 Å². The van der Waals surface area contributed by atoms with Crippen molar-refractivity contribution in [1.82, 2.24) is 14.7 Å². The van der Waals surface area contributed by atoms with Gasteiger partial charge in [0.25, 0.3) is 17.4 Å². The lowest BCUT2D eigenvalue weighted by Crippen LogP contribution is -2.66. The Balaban J connectivity index is 0.000000735. The van der Waals surface area contributed by atoms with Gasteiger partial charge < -0.3 is 26.2 Å². The van der Waals surface area contributed by atoms with Gasteiger partial charge in [-0.1, -0.05) is 6.07 Å². The molecule has 0 unspecified atom stereocenters. The first-order chi connectivity index (χ1) is 14.0. The van der Waals surface area contributed by atoms with Gasteiger partial charge in [-0.3, -0.25) is 14.4 Å². The van der Waals surface area contributed by atoms with Gasteiger partial charge >= 0.3 is 0 Å².